The molecule has 0 saturated carbocycles. The first-order chi connectivity index (χ1) is 15.6. The smallest absolute Gasteiger partial charge is 0.243 e. The molecule has 1 saturated heterocycles. The van der Waals surface area contributed by atoms with E-state index in [1.54, 1.807) is 32.0 Å². The summed E-state index contributed by atoms with van der Waals surface area (Å²) in [5, 5.41) is 6.84. The SMILES string of the molecule is Cc1nc(-c2ccc(C)c(S(=O)(=O)N3CCCC(C(=O)Nc4ccc(C)c(C)c4)C3)c2)no1. The van der Waals surface area contributed by atoms with Crippen molar-refractivity contribution in [2.75, 3.05) is 18.4 Å². The quantitative estimate of drug-likeness (QED) is 0.607. The topological polar surface area (TPSA) is 105 Å². The second kappa shape index (κ2) is 9.07. The summed E-state index contributed by atoms with van der Waals surface area (Å²) < 4.78 is 33.5. The number of carbonyl (C=O) groups is 1. The van der Waals surface area contributed by atoms with Crippen molar-refractivity contribution in [2.24, 2.45) is 5.92 Å². The van der Waals surface area contributed by atoms with E-state index in [1.807, 2.05) is 32.0 Å². The van der Waals surface area contributed by atoms with Crippen molar-refractivity contribution in [1.82, 2.24) is 14.4 Å². The molecule has 0 bridgehead atoms. The minimum Gasteiger partial charge on any atom is -0.339 e. The predicted molar refractivity (Wildman–Crippen MR) is 125 cm³/mol. The third-order valence-electron chi connectivity index (χ3n) is 6.12. The average Bonchev–Trinajstić information content (AvgIpc) is 3.23. The summed E-state index contributed by atoms with van der Waals surface area (Å²) in [5.41, 5.74) is 4.16. The molecule has 33 heavy (non-hydrogen) atoms. The monoisotopic (exact) mass is 468 g/mol. The van der Waals surface area contributed by atoms with Gasteiger partial charge in [0.15, 0.2) is 0 Å². The number of rotatable bonds is 5. The Bertz CT molecular complexity index is 1300. The third-order valence-corrected chi connectivity index (χ3v) is 8.13. The van der Waals surface area contributed by atoms with E-state index in [-0.39, 0.29) is 17.3 Å². The Morgan fingerprint density at radius 2 is 1.82 bits per heavy atom. The Kier molecular flexibility index (Phi) is 6.36. The molecule has 1 fully saturated rings. The lowest BCUT2D eigenvalue weighted by Gasteiger charge is -2.31. The molecule has 9 heteroatoms. The molecular formula is C24H28N4O4S. The van der Waals surface area contributed by atoms with Gasteiger partial charge in [0.1, 0.15) is 0 Å². The van der Waals surface area contributed by atoms with Crippen molar-refractivity contribution in [2.45, 2.75) is 45.4 Å². The second-order valence-corrected chi connectivity index (χ2v) is 10.5. The molecule has 1 atom stereocenters. The molecule has 0 spiro atoms. The summed E-state index contributed by atoms with van der Waals surface area (Å²) in [6, 6.07) is 10.8. The molecule has 1 unspecified atom stereocenters. The zero-order valence-electron chi connectivity index (χ0n) is 19.3. The van der Waals surface area contributed by atoms with Gasteiger partial charge in [-0.05, 0) is 68.5 Å². The molecule has 4 rings (SSSR count). The maximum absolute atomic E-state index is 13.5. The molecule has 1 aliphatic heterocycles. The molecule has 174 valence electrons. The van der Waals surface area contributed by atoms with Crippen molar-refractivity contribution < 1.29 is 17.7 Å². The number of benzene rings is 2. The van der Waals surface area contributed by atoms with E-state index in [0.717, 1.165) is 16.8 Å². The highest BCUT2D eigenvalue weighted by atomic mass is 32.2. The maximum atomic E-state index is 13.5. The molecule has 2 aromatic carbocycles. The van der Waals surface area contributed by atoms with Gasteiger partial charge in [0.05, 0.1) is 10.8 Å². The number of amides is 1. The fourth-order valence-corrected chi connectivity index (χ4v) is 5.79. The summed E-state index contributed by atoms with van der Waals surface area (Å²) >= 11 is 0. The summed E-state index contributed by atoms with van der Waals surface area (Å²) in [4.78, 5) is 17.3. The van der Waals surface area contributed by atoms with Gasteiger partial charge in [-0.15, -0.1) is 0 Å². The first kappa shape index (κ1) is 23.1. The van der Waals surface area contributed by atoms with Crippen LogP contribution in [-0.4, -0.2) is 41.9 Å². The predicted octanol–water partition coefficient (Wildman–Crippen LogP) is 4.01. The number of nitrogens with zero attached hydrogens (tertiary/aromatic N) is 3. The third kappa shape index (κ3) is 4.84. The lowest BCUT2D eigenvalue weighted by molar-refractivity contribution is -0.120. The van der Waals surface area contributed by atoms with Crippen LogP contribution in [0.15, 0.2) is 45.8 Å². The zero-order valence-corrected chi connectivity index (χ0v) is 20.1. The lowest BCUT2D eigenvalue weighted by atomic mass is 9.98. The minimum absolute atomic E-state index is 0.143. The number of hydrogen-bond donors (Lipinski definition) is 1. The molecule has 8 nitrogen and oxygen atoms in total. The van der Waals surface area contributed by atoms with Crippen molar-refractivity contribution in [3.8, 4) is 11.4 Å². The zero-order chi connectivity index (χ0) is 23.8. The number of hydrogen-bond acceptors (Lipinski definition) is 6. The number of aromatic nitrogens is 2. The van der Waals surface area contributed by atoms with Gasteiger partial charge in [0.25, 0.3) is 0 Å². The second-order valence-electron chi connectivity index (χ2n) is 8.61. The Hall–Kier alpha value is -3.04. The van der Waals surface area contributed by atoms with Crippen LogP contribution in [0.3, 0.4) is 0 Å². The summed E-state index contributed by atoms with van der Waals surface area (Å²) in [6.45, 7) is 7.96. The van der Waals surface area contributed by atoms with Crippen LogP contribution in [-0.2, 0) is 14.8 Å². The molecule has 1 aromatic heterocycles. The van der Waals surface area contributed by atoms with E-state index in [0.29, 0.717) is 42.2 Å². The number of sulfonamides is 1. The maximum Gasteiger partial charge on any atom is 0.243 e. The van der Waals surface area contributed by atoms with Crippen molar-refractivity contribution in [1.29, 1.82) is 0 Å². The van der Waals surface area contributed by atoms with Gasteiger partial charge in [0, 0.05) is 31.3 Å². The van der Waals surface area contributed by atoms with Crippen LogP contribution in [0, 0.1) is 33.6 Å². The van der Waals surface area contributed by atoms with Crippen LogP contribution in [0.2, 0.25) is 0 Å². The number of piperidine rings is 1. The Morgan fingerprint density at radius 3 is 2.52 bits per heavy atom. The summed E-state index contributed by atoms with van der Waals surface area (Å²) in [6.07, 6.45) is 1.26. The van der Waals surface area contributed by atoms with Crippen LogP contribution in [0.25, 0.3) is 11.4 Å². The van der Waals surface area contributed by atoms with Gasteiger partial charge in [-0.3, -0.25) is 4.79 Å². The van der Waals surface area contributed by atoms with Crippen LogP contribution >= 0.6 is 0 Å². The van der Waals surface area contributed by atoms with Gasteiger partial charge >= 0.3 is 0 Å². The number of carbonyl (C=O) groups excluding carboxylic acids is 1. The van der Waals surface area contributed by atoms with Gasteiger partial charge in [-0.25, -0.2) is 8.42 Å². The molecule has 1 amide bonds. The standard InChI is InChI=1S/C24H28N4O4S/c1-15-8-10-21(12-17(15)3)26-24(29)20-6-5-11-28(14-20)33(30,31)22-13-19(9-7-16(22)2)23-25-18(4)32-27-23/h7-10,12-13,20H,5-6,11,14H2,1-4H3,(H,26,29). The first-order valence-electron chi connectivity index (χ1n) is 10.9. The van der Waals surface area contributed by atoms with E-state index in [1.165, 1.54) is 4.31 Å². The number of aryl methyl sites for hydroxylation is 4. The molecule has 0 radical (unpaired) electrons. The van der Waals surface area contributed by atoms with E-state index in [2.05, 4.69) is 15.5 Å². The Balaban J connectivity index is 1.54. The van der Waals surface area contributed by atoms with Crippen LogP contribution in [0.4, 0.5) is 5.69 Å². The van der Waals surface area contributed by atoms with Crippen molar-refractivity contribution in [3.05, 3.63) is 59.0 Å². The van der Waals surface area contributed by atoms with Crippen LogP contribution in [0.5, 0.6) is 0 Å². The fraction of sp³-hybridized carbons (Fsp3) is 0.375. The first-order valence-corrected chi connectivity index (χ1v) is 12.4. The summed E-state index contributed by atoms with van der Waals surface area (Å²) in [7, 11) is -3.80. The van der Waals surface area contributed by atoms with E-state index >= 15 is 0 Å². The molecule has 1 N–H and O–H groups in total. The van der Waals surface area contributed by atoms with Crippen LogP contribution < -0.4 is 5.32 Å². The summed E-state index contributed by atoms with van der Waals surface area (Å²) in [5.74, 6) is 0.168. The minimum atomic E-state index is -3.80. The molecule has 2 heterocycles. The molecular weight excluding hydrogens is 440 g/mol. The molecule has 1 aliphatic rings. The Morgan fingerprint density at radius 1 is 1.06 bits per heavy atom. The van der Waals surface area contributed by atoms with E-state index < -0.39 is 15.9 Å². The lowest BCUT2D eigenvalue weighted by Crippen LogP contribution is -2.43. The number of nitrogens with one attached hydrogen (secondary N) is 1. The fourth-order valence-electron chi connectivity index (χ4n) is 4.01. The van der Waals surface area contributed by atoms with Crippen molar-refractivity contribution >= 4 is 21.6 Å². The number of anilines is 1. The van der Waals surface area contributed by atoms with Gasteiger partial charge in [0.2, 0.25) is 27.6 Å². The highest BCUT2D eigenvalue weighted by Gasteiger charge is 2.34. The van der Waals surface area contributed by atoms with E-state index in [9.17, 15) is 13.2 Å². The van der Waals surface area contributed by atoms with Gasteiger partial charge in [-0.2, -0.15) is 9.29 Å². The normalized spacial score (nSPS) is 17.2. The van der Waals surface area contributed by atoms with Crippen molar-refractivity contribution in [3.63, 3.8) is 0 Å². The average molecular weight is 469 g/mol. The van der Waals surface area contributed by atoms with E-state index in [4.69, 9.17) is 4.52 Å². The Labute approximate surface area is 194 Å². The van der Waals surface area contributed by atoms with Gasteiger partial charge in [-0.1, -0.05) is 23.4 Å². The highest BCUT2D eigenvalue weighted by molar-refractivity contribution is 7.89. The highest BCUT2D eigenvalue weighted by Crippen LogP contribution is 2.29. The molecule has 3 aromatic rings. The largest absolute Gasteiger partial charge is 0.339 e. The van der Waals surface area contributed by atoms with Crippen LogP contribution in [0.1, 0.15) is 35.4 Å². The molecule has 0 aliphatic carbocycles. The van der Waals surface area contributed by atoms with Gasteiger partial charge < -0.3 is 9.84 Å².